The molecule has 3 rings (SSSR count). The number of carbonyl (C=O) groups excluding carboxylic acids is 2. The van der Waals surface area contributed by atoms with Gasteiger partial charge in [-0.3, -0.25) is 0 Å². The predicted octanol–water partition coefficient (Wildman–Crippen LogP) is 8.21. The highest BCUT2D eigenvalue weighted by Crippen LogP contribution is 2.27. The first-order valence-corrected chi connectivity index (χ1v) is 11.5. The van der Waals surface area contributed by atoms with E-state index in [0.717, 1.165) is 0 Å². The molecule has 0 unspecified atom stereocenters. The second-order valence-electron chi connectivity index (χ2n) is 8.32. The molecule has 0 bridgehead atoms. The zero-order chi connectivity index (χ0) is 30.4. The maximum atomic E-state index is 14.6. The Morgan fingerprint density at radius 1 is 0.585 bits per heavy atom. The molecule has 3 aromatic rings. The zero-order valence-corrected chi connectivity index (χ0v) is 20.9. The number of rotatable bonds is 8. The molecule has 0 saturated carbocycles. The second-order valence-corrected chi connectivity index (χ2v) is 8.32. The molecule has 0 saturated heterocycles. The van der Waals surface area contributed by atoms with Crippen LogP contribution in [0.1, 0.15) is 22.3 Å². The maximum absolute atomic E-state index is 14.6. The first kappa shape index (κ1) is 30.6. The molecule has 0 atom stereocenters. The van der Waals surface area contributed by atoms with Gasteiger partial charge in [-0.2, -0.15) is 26.3 Å². The highest BCUT2D eigenvalue weighted by Gasteiger charge is 2.39. The number of carbonyl (C=O) groups is 2. The van der Waals surface area contributed by atoms with Crippen LogP contribution < -0.4 is 9.47 Å². The molecule has 0 spiro atoms. The molecule has 0 amide bonds. The van der Waals surface area contributed by atoms with Gasteiger partial charge >= 0.3 is 24.3 Å². The van der Waals surface area contributed by atoms with Crippen molar-refractivity contribution in [2.75, 3.05) is 0 Å². The summed E-state index contributed by atoms with van der Waals surface area (Å²) in [5.41, 5.74) is -1.36. The van der Waals surface area contributed by atoms with Crippen LogP contribution in [0.15, 0.2) is 91.0 Å². The molecule has 11 heteroatoms. The van der Waals surface area contributed by atoms with Gasteiger partial charge in [0.05, 0.1) is 0 Å². The van der Waals surface area contributed by atoms with E-state index in [-0.39, 0.29) is 17.1 Å². The van der Waals surface area contributed by atoms with Crippen LogP contribution in [0, 0.1) is 5.82 Å². The van der Waals surface area contributed by atoms with Crippen LogP contribution in [0.4, 0.5) is 30.7 Å². The number of esters is 2. The van der Waals surface area contributed by atoms with Gasteiger partial charge in [0.25, 0.3) is 0 Å². The van der Waals surface area contributed by atoms with Crippen molar-refractivity contribution < 1.29 is 49.8 Å². The topological polar surface area (TPSA) is 52.6 Å². The van der Waals surface area contributed by atoms with Crippen LogP contribution >= 0.6 is 0 Å². The standard InChI is InChI=1S/C30H19F7O4/c1-18(29(32,33)34)27(38)40-24-13-7-20(8-14-24)3-4-22-6-12-23(26(31)17-22)11-5-21-9-15-25(16-10-21)41-28(39)19(2)30(35,36)37/h3-17H,1-2H2/b4-3+,11-5+. The van der Waals surface area contributed by atoms with E-state index in [1.165, 1.54) is 66.7 Å². The molecule has 0 aromatic heterocycles. The summed E-state index contributed by atoms with van der Waals surface area (Å²) in [6.07, 6.45) is -3.57. The van der Waals surface area contributed by atoms with Gasteiger partial charge in [0.2, 0.25) is 0 Å². The third-order valence-corrected chi connectivity index (χ3v) is 5.31. The molecule has 212 valence electrons. The summed E-state index contributed by atoms with van der Waals surface area (Å²) < 4.78 is 99.0. The molecule has 0 radical (unpaired) electrons. The van der Waals surface area contributed by atoms with E-state index in [4.69, 9.17) is 0 Å². The molecule has 4 nitrogen and oxygen atoms in total. The summed E-state index contributed by atoms with van der Waals surface area (Å²) in [5.74, 6) is -4.01. The lowest BCUT2D eigenvalue weighted by molar-refractivity contribution is -0.143. The Balaban J connectivity index is 1.59. The number of benzene rings is 3. The average Bonchev–Trinajstić information content (AvgIpc) is 2.91. The van der Waals surface area contributed by atoms with E-state index < -0.39 is 41.3 Å². The normalized spacial score (nSPS) is 12.0. The molecule has 3 aromatic carbocycles. The van der Waals surface area contributed by atoms with Crippen LogP contribution in [0.5, 0.6) is 11.5 Å². The lowest BCUT2D eigenvalue weighted by Gasteiger charge is -2.09. The fourth-order valence-corrected chi connectivity index (χ4v) is 3.02. The van der Waals surface area contributed by atoms with Crippen LogP contribution in [-0.2, 0) is 9.59 Å². The van der Waals surface area contributed by atoms with E-state index >= 15 is 0 Å². The molecular formula is C30H19F7O4. The number of hydrogen-bond donors (Lipinski definition) is 0. The van der Waals surface area contributed by atoms with Gasteiger partial charge in [-0.15, -0.1) is 0 Å². The van der Waals surface area contributed by atoms with Crippen molar-refractivity contribution in [3.8, 4) is 11.5 Å². The fourth-order valence-electron chi connectivity index (χ4n) is 3.02. The SMILES string of the molecule is C=C(C(=O)Oc1ccc(/C=C/c2ccc(/C=C/c3ccc(OC(=O)C(=C)C(F)(F)F)cc3)c(F)c2)cc1)C(F)(F)F. The molecule has 0 aliphatic heterocycles. The Labute approximate surface area is 229 Å². The molecule has 0 aliphatic carbocycles. The van der Waals surface area contributed by atoms with Crippen molar-refractivity contribution in [2.45, 2.75) is 12.4 Å². The quantitative estimate of drug-likeness (QED) is 0.0892. The van der Waals surface area contributed by atoms with Crippen molar-refractivity contribution in [1.29, 1.82) is 0 Å². The smallest absolute Gasteiger partial charge is 0.422 e. The van der Waals surface area contributed by atoms with Crippen molar-refractivity contribution >= 4 is 36.2 Å². The largest absolute Gasteiger partial charge is 0.423 e. The first-order valence-electron chi connectivity index (χ1n) is 11.5. The van der Waals surface area contributed by atoms with Gasteiger partial charge < -0.3 is 9.47 Å². The fraction of sp³-hybridized carbons (Fsp3) is 0.0667. The summed E-state index contributed by atoms with van der Waals surface area (Å²) >= 11 is 0. The van der Waals surface area contributed by atoms with Crippen molar-refractivity contribution in [3.05, 3.63) is 119 Å². The molecule has 0 aliphatic rings. The van der Waals surface area contributed by atoms with Crippen molar-refractivity contribution in [1.82, 2.24) is 0 Å². The third kappa shape index (κ3) is 8.79. The lowest BCUT2D eigenvalue weighted by atomic mass is 10.1. The van der Waals surface area contributed by atoms with Gasteiger partial charge in [0.1, 0.15) is 28.5 Å². The molecule has 0 fully saturated rings. The summed E-state index contributed by atoms with van der Waals surface area (Å²) in [6, 6.07) is 15.5. The monoisotopic (exact) mass is 576 g/mol. The Bertz CT molecular complexity index is 1510. The van der Waals surface area contributed by atoms with Crippen LogP contribution in [0.3, 0.4) is 0 Å². The van der Waals surface area contributed by atoms with Gasteiger partial charge in [0.15, 0.2) is 0 Å². The molecular weight excluding hydrogens is 557 g/mol. The van der Waals surface area contributed by atoms with Crippen molar-refractivity contribution in [2.24, 2.45) is 0 Å². The zero-order valence-electron chi connectivity index (χ0n) is 20.9. The molecule has 0 N–H and O–H groups in total. The Kier molecular flexibility index (Phi) is 9.33. The number of hydrogen-bond acceptors (Lipinski definition) is 4. The molecule has 0 heterocycles. The summed E-state index contributed by atoms with van der Waals surface area (Å²) in [6.45, 7) is 5.34. The predicted molar refractivity (Wildman–Crippen MR) is 139 cm³/mol. The van der Waals surface area contributed by atoms with Crippen LogP contribution in [0.2, 0.25) is 0 Å². The molecule has 41 heavy (non-hydrogen) atoms. The van der Waals surface area contributed by atoms with E-state index in [0.29, 0.717) is 16.7 Å². The van der Waals surface area contributed by atoms with Crippen molar-refractivity contribution in [3.63, 3.8) is 0 Å². The van der Waals surface area contributed by atoms with E-state index in [1.807, 2.05) is 0 Å². The van der Waals surface area contributed by atoms with E-state index in [1.54, 1.807) is 24.3 Å². The first-order chi connectivity index (χ1) is 19.1. The highest BCUT2D eigenvalue weighted by molar-refractivity contribution is 5.91. The number of halogens is 7. The third-order valence-electron chi connectivity index (χ3n) is 5.31. The minimum Gasteiger partial charge on any atom is -0.423 e. The Morgan fingerprint density at radius 3 is 1.34 bits per heavy atom. The Morgan fingerprint density at radius 2 is 0.951 bits per heavy atom. The summed E-state index contributed by atoms with van der Waals surface area (Å²) in [5, 5.41) is 0. The van der Waals surface area contributed by atoms with Crippen LogP contribution in [-0.4, -0.2) is 24.3 Å². The summed E-state index contributed by atoms with van der Waals surface area (Å²) in [7, 11) is 0. The average molecular weight is 576 g/mol. The summed E-state index contributed by atoms with van der Waals surface area (Å²) in [4.78, 5) is 23.0. The minimum absolute atomic E-state index is 0.109. The van der Waals surface area contributed by atoms with Gasteiger partial charge in [-0.05, 0) is 47.0 Å². The minimum atomic E-state index is -4.90. The van der Waals surface area contributed by atoms with Crippen LogP contribution in [0.25, 0.3) is 24.3 Å². The highest BCUT2D eigenvalue weighted by atomic mass is 19.4. The Hall–Kier alpha value is -4.93. The number of alkyl halides is 6. The van der Waals surface area contributed by atoms with E-state index in [9.17, 15) is 40.3 Å². The van der Waals surface area contributed by atoms with Gasteiger partial charge in [0, 0.05) is 5.56 Å². The lowest BCUT2D eigenvalue weighted by Crippen LogP contribution is -2.23. The van der Waals surface area contributed by atoms with Gasteiger partial charge in [-0.1, -0.05) is 73.9 Å². The van der Waals surface area contributed by atoms with Gasteiger partial charge in [-0.25, -0.2) is 14.0 Å². The van der Waals surface area contributed by atoms with E-state index in [2.05, 4.69) is 22.6 Å². The maximum Gasteiger partial charge on any atom is 0.422 e. The number of ether oxygens (including phenoxy) is 2. The second kappa shape index (κ2) is 12.5.